The van der Waals surface area contributed by atoms with Gasteiger partial charge in [-0.05, 0) is 43.9 Å². The van der Waals surface area contributed by atoms with Gasteiger partial charge in [-0.1, -0.05) is 25.8 Å². The number of aliphatic hydroxyl groups excluding tert-OH is 1. The molecule has 4 N–H and O–H groups in total. The Labute approximate surface area is 168 Å². The zero-order valence-electron chi connectivity index (χ0n) is 16.4. The van der Waals surface area contributed by atoms with E-state index in [1.165, 1.54) is 18.2 Å². The van der Waals surface area contributed by atoms with Crippen LogP contribution in [0.3, 0.4) is 0 Å². The van der Waals surface area contributed by atoms with Crippen LogP contribution in [0.5, 0.6) is 0 Å². The molecule has 0 atom stereocenters. The van der Waals surface area contributed by atoms with Crippen molar-refractivity contribution in [2.75, 3.05) is 0 Å². The number of hydrogen-bond acceptors (Lipinski definition) is 7. The van der Waals surface area contributed by atoms with Gasteiger partial charge >= 0.3 is 23.9 Å². The summed E-state index contributed by atoms with van der Waals surface area (Å²) in [6.45, 7) is 2.09. The Kier molecular flexibility index (Phi) is 13.7. The summed E-state index contributed by atoms with van der Waals surface area (Å²) in [4.78, 5) is 44.1. The van der Waals surface area contributed by atoms with Crippen molar-refractivity contribution < 1.29 is 44.3 Å². The van der Waals surface area contributed by atoms with Crippen LogP contribution in [0.2, 0.25) is 0 Å². The number of unbranched alkanes of at least 4 members (excludes halogenated alkanes) is 3. The first-order chi connectivity index (χ1) is 13.7. The Hall–Kier alpha value is -2.78. The third-order valence-corrected chi connectivity index (χ3v) is 3.64. The van der Waals surface area contributed by atoms with E-state index in [-0.39, 0.29) is 24.0 Å². The number of aliphatic hydroxyl groups is 2. The second-order valence-corrected chi connectivity index (χ2v) is 6.22. The van der Waals surface area contributed by atoms with E-state index in [0.717, 1.165) is 25.3 Å². The van der Waals surface area contributed by atoms with Crippen LogP contribution in [-0.2, 0) is 14.3 Å². The molecule has 0 bridgehead atoms. The molecule has 0 aliphatic heterocycles. The smallest absolute Gasteiger partial charge is 0.345 e. The van der Waals surface area contributed by atoms with Crippen LogP contribution in [0.15, 0.2) is 24.3 Å². The number of carboxylic acid groups (broad SMARTS) is 2. The van der Waals surface area contributed by atoms with Gasteiger partial charge in [0, 0.05) is 12.8 Å². The molecule has 0 unspecified atom stereocenters. The molecule has 9 nitrogen and oxygen atoms in total. The normalized spacial score (nSPS) is 10.1. The highest BCUT2D eigenvalue weighted by Crippen LogP contribution is 2.09. The van der Waals surface area contributed by atoms with Crippen molar-refractivity contribution in [1.29, 1.82) is 0 Å². The molecule has 162 valence electrons. The molecule has 0 heterocycles. The van der Waals surface area contributed by atoms with Gasteiger partial charge in [-0.15, -0.1) is 0 Å². The van der Waals surface area contributed by atoms with E-state index >= 15 is 0 Å². The maximum absolute atomic E-state index is 11.6. The zero-order chi connectivity index (χ0) is 22.2. The van der Waals surface area contributed by atoms with E-state index in [1.54, 1.807) is 0 Å². The monoisotopic (exact) mass is 412 g/mol. The minimum atomic E-state index is -1.19. The second kappa shape index (κ2) is 15.2. The molecule has 1 aromatic rings. The minimum Gasteiger partial charge on any atom is -0.481 e. The Morgan fingerprint density at radius 1 is 0.931 bits per heavy atom. The van der Waals surface area contributed by atoms with Crippen LogP contribution in [0.1, 0.15) is 79.0 Å². The summed E-state index contributed by atoms with van der Waals surface area (Å²) < 4.78 is 4.56. The summed E-state index contributed by atoms with van der Waals surface area (Å²) in [6, 6.07) is 5.14. The summed E-state index contributed by atoms with van der Waals surface area (Å²) in [5.74, 6) is -3.85. The predicted molar refractivity (Wildman–Crippen MR) is 102 cm³/mol. The summed E-state index contributed by atoms with van der Waals surface area (Å²) >= 11 is 0. The molecule has 1 aromatic carbocycles. The number of aromatic carboxylic acids is 1. The molecule has 29 heavy (non-hydrogen) atoms. The van der Waals surface area contributed by atoms with E-state index < -0.39 is 30.2 Å². The van der Waals surface area contributed by atoms with Gasteiger partial charge in [0.1, 0.15) is 0 Å². The summed E-state index contributed by atoms with van der Waals surface area (Å²) in [7, 11) is 0. The number of carbonyl (C=O) groups is 4. The summed E-state index contributed by atoms with van der Waals surface area (Å²) in [5.41, 5.74) is -0.118. The van der Waals surface area contributed by atoms with Gasteiger partial charge < -0.3 is 25.2 Å². The van der Waals surface area contributed by atoms with Gasteiger partial charge in [0.2, 0.25) is 0 Å². The van der Waals surface area contributed by atoms with Crippen LogP contribution in [0.25, 0.3) is 0 Å². The fourth-order valence-electron chi connectivity index (χ4n) is 2.12. The SMILES string of the molecule is CCCCCC(O)O.O=C(O)CCCCC(=O)OC(=O)c1cccc(C(=O)O)c1. The lowest BCUT2D eigenvalue weighted by Gasteiger charge is -2.03. The number of carbonyl (C=O) groups excluding carboxylic acids is 2. The van der Waals surface area contributed by atoms with Crippen LogP contribution in [0, 0.1) is 0 Å². The maximum Gasteiger partial charge on any atom is 0.345 e. The molecule has 0 aliphatic carbocycles. The molecule has 0 saturated carbocycles. The van der Waals surface area contributed by atoms with E-state index in [1.807, 2.05) is 0 Å². The van der Waals surface area contributed by atoms with Gasteiger partial charge in [-0.25, -0.2) is 9.59 Å². The first kappa shape index (κ1) is 26.2. The first-order valence-electron chi connectivity index (χ1n) is 9.33. The third-order valence-electron chi connectivity index (χ3n) is 3.64. The second-order valence-electron chi connectivity index (χ2n) is 6.22. The van der Waals surface area contributed by atoms with Gasteiger partial charge in [0.25, 0.3) is 0 Å². The molecule has 0 amide bonds. The van der Waals surface area contributed by atoms with Crippen LogP contribution < -0.4 is 0 Å². The molecule has 0 aromatic heterocycles. The largest absolute Gasteiger partial charge is 0.481 e. The predicted octanol–water partition coefficient (Wildman–Crippen LogP) is 2.59. The van der Waals surface area contributed by atoms with Crippen molar-refractivity contribution in [2.45, 2.75) is 64.6 Å². The zero-order valence-corrected chi connectivity index (χ0v) is 16.4. The fraction of sp³-hybridized carbons (Fsp3) is 0.500. The molecular formula is C20H28O9. The number of rotatable bonds is 11. The van der Waals surface area contributed by atoms with Crippen LogP contribution in [-0.4, -0.2) is 50.6 Å². The molecule has 0 fully saturated rings. The van der Waals surface area contributed by atoms with Gasteiger partial charge in [-0.3, -0.25) is 9.59 Å². The van der Waals surface area contributed by atoms with E-state index in [9.17, 15) is 19.2 Å². The van der Waals surface area contributed by atoms with E-state index in [0.29, 0.717) is 19.3 Å². The van der Waals surface area contributed by atoms with Crippen LogP contribution in [0.4, 0.5) is 0 Å². The topological polar surface area (TPSA) is 158 Å². The highest BCUT2D eigenvalue weighted by atomic mass is 16.6. The van der Waals surface area contributed by atoms with E-state index in [2.05, 4.69) is 11.7 Å². The molecule has 1 rings (SSSR count). The minimum absolute atomic E-state index is 0.0335. The number of benzene rings is 1. The van der Waals surface area contributed by atoms with Gasteiger partial charge in [0.05, 0.1) is 11.1 Å². The van der Waals surface area contributed by atoms with Crippen molar-refractivity contribution in [3.8, 4) is 0 Å². The van der Waals surface area contributed by atoms with Gasteiger partial charge in [0.15, 0.2) is 6.29 Å². The lowest BCUT2D eigenvalue weighted by atomic mass is 10.1. The number of ether oxygens (including phenoxy) is 1. The number of carboxylic acids is 2. The highest BCUT2D eigenvalue weighted by molar-refractivity contribution is 5.99. The van der Waals surface area contributed by atoms with Crippen molar-refractivity contribution in [3.63, 3.8) is 0 Å². The maximum atomic E-state index is 11.6. The molecule has 0 aliphatic rings. The number of aliphatic carboxylic acids is 1. The average Bonchev–Trinajstić information content (AvgIpc) is 2.65. The number of hydrogen-bond donors (Lipinski definition) is 4. The quantitative estimate of drug-likeness (QED) is 0.185. The molecule has 0 spiro atoms. The Morgan fingerprint density at radius 2 is 1.55 bits per heavy atom. The fourth-order valence-corrected chi connectivity index (χ4v) is 2.12. The average molecular weight is 412 g/mol. The third kappa shape index (κ3) is 14.0. The Bertz CT molecular complexity index is 668. The Balaban J connectivity index is 0.000000828. The van der Waals surface area contributed by atoms with Crippen molar-refractivity contribution >= 4 is 23.9 Å². The van der Waals surface area contributed by atoms with Crippen molar-refractivity contribution in [1.82, 2.24) is 0 Å². The Morgan fingerprint density at radius 3 is 2.10 bits per heavy atom. The lowest BCUT2D eigenvalue weighted by Crippen LogP contribution is -2.13. The molecule has 9 heteroatoms. The molecular weight excluding hydrogens is 384 g/mol. The highest BCUT2D eigenvalue weighted by Gasteiger charge is 2.14. The summed E-state index contributed by atoms with van der Waals surface area (Å²) in [6.07, 6.45) is 3.06. The first-order valence-corrected chi connectivity index (χ1v) is 9.33. The van der Waals surface area contributed by atoms with Crippen molar-refractivity contribution in [3.05, 3.63) is 35.4 Å². The lowest BCUT2D eigenvalue weighted by molar-refractivity contribution is -0.139. The van der Waals surface area contributed by atoms with E-state index in [4.69, 9.17) is 20.4 Å². The van der Waals surface area contributed by atoms with Crippen molar-refractivity contribution in [2.24, 2.45) is 0 Å². The standard InChI is InChI=1S/C14H14O7.C6H14O2/c15-11(16)6-1-2-7-12(17)21-14(20)10-5-3-4-9(8-10)13(18)19;1-2-3-4-5-6(7)8/h3-5,8H,1-2,6-7H2,(H,15,16)(H,18,19);6-8H,2-5H2,1H3. The number of esters is 2. The summed E-state index contributed by atoms with van der Waals surface area (Å²) in [5, 5.41) is 33.9. The molecule has 0 saturated heterocycles. The van der Waals surface area contributed by atoms with Crippen LogP contribution >= 0.6 is 0 Å². The van der Waals surface area contributed by atoms with Gasteiger partial charge in [-0.2, -0.15) is 0 Å². The molecule has 0 radical (unpaired) electrons.